The second kappa shape index (κ2) is 7.53. The number of carbonyl (C=O) groups is 2. The lowest BCUT2D eigenvalue weighted by Gasteiger charge is -2.26. The van der Waals surface area contributed by atoms with Gasteiger partial charge < -0.3 is 15.0 Å². The van der Waals surface area contributed by atoms with Crippen LogP contribution >= 0.6 is 0 Å². The Labute approximate surface area is 113 Å². The molecule has 1 rings (SSSR count). The number of hydrogen-bond donors (Lipinski definition) is 1. The van der Waals surface area contributed by atoms with Gasteiger partial charge in [-0.05, 0) is 12.6 Å². The molecule has 0 radical (unpaired) electrons. The third-order valence-electron chi connectivity index (χ3n) is 2.93. The monoisotopic (exact) mass is 264 g/mol. The highest BCUT2D eigenvalue weighted by Gasteiger charge is 2.27. The maximum Gasteiger partial charge on any atom is 0.328 e. The molecule has 5 nitrogen and oxygen atoms in total. The number of ether oxygens (including phenoxy) is 1. The van der Waals surface area contributed by atoms with Gasteiger partial charge in [0.25, 0.3) is 0 Å². The minimum absolute atomic E-state index is 0.145. The van der Waals surface area contributed by atoms with Crippen LogP contribution in [0.2, 0.25) is 0 Å². The van der Waals surface area contributed by atoms with Gasteiger partial charge in [-0.1, -0.05) is 30.3 Å². The van der Waals surface area contributed by atoms with E-state index in [2.05, 4.69) is 5.32 Å². The molecule has 0 aliphatic carbocycles. The van der Waals surface area contributed by atoms with Crippen molar-refractivity contribution in [1.82, 2.24) is 10.2 Å². The van der Waals surface area contributed by atoms with Gasteiger partial charge in [0.05, 0.1) is 13.7 Å². The summed E-state index contributed by atoms with van der Waals surface area (Å²) < 4.78 is 4.78. The van der Waals surface area contributed by atoms with Gasteiger partial charge in [-0.25, -0.2) is 4.79 Å². The second-order valence-corrected chi connectivity index (χ2v) is 4.26. The van der Waals surface area contributed by atoms with Crippen LogP contribution < -0.4 is 5.32 Å². The smallest absolute Gasteiger partial charge is 0.328 e. The average Bonchev–Trinajstić information content (AvgIpc) is 2.44. The molecule has 1 aromatic carbocycles. The van der Waals surface area contributed by atoms with Crippen molar-refractivity contribution in [2.24, 2.45) is 0 Å². The number of hydrogen-bond acceptors (Lipinski definition) is 4. The minimum atomic E-state index is -0.603. The molecule has 0 aromatic heterocycles. The molecule has 0 aliphatic heterocycles. The first-order valence-corrected chi connectivity index (χ1v) is 6.12. The predicted molar refractivity (Wildman–Crippen MR) is 72.6 cm³/mol. The van der Waals surface area contributed by atoms with Gasteiger partial charge in [0.1, 0.15) is 6.04 Å². The number of amides is 1. The summed E-state index contributed by atoms with van der Waals surface area (Å²) in [4.78, 5) is 25.1. The Hall–Kier alpha value is -1.88. The third-order valence-corrected chi connectivity index (χ3v) is 2.93. The van der Waals surface area contributed by atoms with E-state index in [0.29, 0.717) is 6.42 Å². The first-order valence-electron chi connectivity index (χ1n) is 6.12. The number of methoxy groups -OCH3 is 1. The number of carbonyl (C=O) groups excluding carboxylic acids is 2. The molecule has 0 saturated carbocycles. The Morgan fingerprint density at radius 2 is 1.95 bits per heavy atom. The fourth-order valence-corrected chi connectivity index (χ4v) is 1.80. The number of esters is 1. The molecule has 0 unspecified atom stereocenters. The Bertz CT molecular complexity index is 420. The van der Waals surface area contributed by atoms with E-state index in [9.17, 15) is 9.59 Å². The van der Waals surface area contributed by atoms with Crippen molar-refractivity contribution in [2.75, 3.05) is 27.7 Å². The zero-order valence-corrected chi connectivity index (χ0v) is 11.6. The van der Waals surface area contributed by atoms with E-state index < -0.39 is 12.0 Å². The lowest BCUT2D eigenvalue weighted by molar-refractivity contribution is -0.151. The Morgan fingerprint density at radius 1 is 1.32 bits per heavy atom. The van der Waals surface area contributed by atoms with Gasteiger partial charge in [-0.3, -0.25) is 4.79 Å². The highest BCUT2D eigenvalue weighted by Crippen LogP contribution is 2.09. The minimum Gasteiger partial charge on any atom is -0.467 e. The SMILES string of the molecule is CNCC(=O)N(C)[C@@H](Cc1ccccc1)C(=O)OC. The zero-order valence-electron chi connectivity index (χ0n) is 11.6. The van der Waals surface area contributed by atoms with E-state index in [1.54, 1.807) is 14.1 Å². The van der Waals surface area contributed by atoms with Gasteiger partial charge in [-0.2, -0.15) is 0 Å². The average molecular weight is 264 g/mol. The van der Waals surface area contributed by atoms with Gasteiger partial charge in [-0.15, -0.1) is 0 Å². The first-order chi connectivity index (χ1) is 9.10. The summed E-state index contributed by atoms with van der Waals surface area (Å²) in [5.74, 6) is -0.551. The van der Waals surface area contributed by atoms with Crippen LogP contribution in [0.4, 0.5) is 0 Å². The summed E-state index contributed by atoms with van der Waals surface area (Å²) in [6.07, 6.45) is 0.444. The number of likely N-dealkylation sites (N-methyl/N-ethyl adjacent to an activating group) is 2. The summed E-state index contributed by atoms with van der Waals surface area (Å²) in [6, 6.07) is 8.96. The van der Waals surface area contributed by atoms with Gasteiger partial charge in [0, 0.05) is 13.5 Å². The van der Waals surface area contributed by atoms with E-state index >= 15 is 0 Å². The molecule has 0 fully saturated rings. The molecule has 0 spiro atoms. The molecule has 0 aliphatic rings. The van der Waals surface area contributed by atoms with Crippen molar-refractivity contribution in [2.45, 2.75) is 12.5 Å². The van der Waals surface area contributed by atoms with E-state index in [1.165, 1.54) is 12.0 Å². The molecule has 19 heavy (non-hydrogen) atoms. The molecule has 0 bridgehead atoms. The summed E-state index contributed by atoms with van der Waals surface area (Å²) >= 11 is 0. The number of nitrogens with one attached hydrogen (secondary N) is 1. The fourth-order valence-electron chi connectivity index (χ4n) is 1.80. The Balaban J connectivity index is 2.83. The summed E-state index contributed by atoms with van der Waals surface area (Å²) in [5, 5.41) is 2.78. The third kappa shape index (κ3) is 4.37. The van der Waals surface area contributed by atoms with Gasteiger partial charge in [0.2, 0.25) is 5.91 Å². The summed E-state index contributed by atoms with van der Waals surface area (Å²) in [6.45, 7) is 0.193. The summed E-state index contributed by atoms with van der Waals surface area (Å²) in [5.41, 5.74) is 0.988. The summed E-state index contributed by atoms with van der Waals surface area (Å²) in [7, 11) is 4.64. The molecular weight excluding hydrogens is 244 g/mol. The van der Waals surface area contributed by atoms with Crippen LogP contribution in [0.3, 0.4) is 0 Å². The molecule has 5 heteroatoms. The largest absolute Gasteiger partial charge is 0.467 e. The van der Waals surface area contributed by atoms with Crippen molar-refractivity contribution in [3.05, 3.63) is 35.9 Å². The standard InChI is InChI=1S/C14H20N2O3/c1-15-10-13(17)16(2)12(14(18)19-3)9-11-7-5-4-6-8-11/h4-8,12,15H,9-10H2,1-3H3/t12-/m0/s1. The number of rotatable bonds is 6. The molecule has 1 N–H and O–H groups in total. The van der Waals surface area contributed by atoms with Gasteiger partial charge >= 0.3 is 5.97 Å². The van der Waals surface area contributed by atoms with Crippen molar-refractivity contribution in [3.63, 3.8) is 0 Å². The number of nitrogens with zero attached hydrogens (tertiary/aromatic N) is 1. The van der Waals surface area contributed by atoms with Crippen molar-refractivity contribution in [1.29, 1.82) is 0 Å². The van der Waals surface area contributed by atoms with E-state index in [1.807, 2.05) is 30.3 Å². The topological polar surface area (TPSA) is 58.6 Å². The molecule has 1 amide bonds. The predicted octanol–water partition coefficient (Wildman–Crippen LogP) is 0.448. The molecule has 0 heterocycles. The Kier molecular flexibility index (Phi) is 6.02. The van der Waals surface area contributed by atoms with Crippen LogP contribution in [0.5, 0.6) is 0 Å². The van der Waals surface area contributed by atoms with E-state index in [0.717, 1.165) is 5.56 Å². The molecular formula is C14H20N2O3. The lowest BCUT2D eigenvalue weighted by atomic mass is 10.0. The highest BCUT2D eigenvalue weighted by atomic mass is 16.5. The van der Waals surface area contributed by atoms with Crippen molar-refractivity contribution < 1.29 is 14.3 Å². The zero-order chi connectivity index (χ0) is 14.3. The van der Waals surface area contributed by atoms with Crippen LogP contribution in [0.25, 0.3) is 0 Å². The van der Waals surface area contributed by atoms with Crippen LogP contribution in [0, 0.1) is 0 Å². The first kappa shape index (κ1) is 15.2. The highest BCUT2D eigenvalue weighted by molar-refractivity contribution is 5.85. The number of benzene rings is 1. The van der Waals surface area contributed by atoms with Gasteiger partial charge in [0.15, 0.2) is 0 Å². The maximum atomic E-state index is 11.9. The molecule has 104 valence electrons. The van der Waals surface area contributed by atoms with Crippen LogP contribution in [-0.4, -0.2) is 50.6 Å². The van der Waals surface area contributed by atoms with Crippen molar-refractivity contribution >= 4 is 11.9 Å². The van der Waals surface area contributed by atoms with E-state index in [4.69, 9.17) is 4.74 Å². The maximum absolute atomic E-state index is 11.9. The quantitative estimate of drug-likeness (QED) is 0.758. The normalized spacial score (nSPS) is 11.7. The Morgan fingerprint density at radius 3 is 2.47 bits per heavy atom. The molecule has 1 atom stereocenters. The van der Waals surface area contributed by atoms with Crippen LogP contribution in [0.1, 0.15) is 5.56 Å². The van der Waals surface area contributed by atoms with Crippen LogP contribution in [0.15, 0.2) is 30.3 Å². The molecule has 1 aromatic rings. The molecule has 0 saturated heterocycles. The fraction of sp³-hybridized carbons (Fsp3) is 0.429. The second-order valence-electron chi connectivity index (χ2n) is 4.26. The lowest BCUT2D eigenvalue weighted by Crippen LogP contribution is -2.47. The van der Waals surface area contributed by atoms with Crippen LogP contribution in [-0.2, 0) is 20.7 Å². The van der Waals surface area contributed by atoms with Crippen molar-refractivity contribution in [3.8, 4) is 0 Å². The van der Waals surface area contributed by atoms with E-state index in [-0.39, 0.29) is 12.5 Å².